The van der Waals surface area contributed by atoms with E-state index in [1.165, 1.54) is 48.0 Å². The Morgan fingerprint density at radius 3 is 2.44 bits per heavy atom. The summed E-state index contributed by atoms with van der Waals surface area (Å²) in [5.74, 6) is 0.158. The molecule has 1 aromatic carbocycles. The van der Waals surface area contributed by atoms with Crippen LogP contribution in [0.25, 0.3) is 10.2 Å². The zero-order chi connectivity index (χ0) is 22.9. The molecule has 3 heterocycles. The van der Waals surface area contributed by atoms with Gasteiger partial charge >= 0.3 is 0 Å². The summed E-state index contributed by atoms with van der Waals surface area (Å²) >= 11 is 1.25. The number of sulfonamides is 1. The molecule has 0 amide bonds. The molecule has 3 aromatic heterocycles. The number of nitrogens with zero attached hydrogens (tertiary/aromatic N) is 3. The van der Waals surface area contributed by atoms with Crippen LogP contribution in [0.2, 0.25) is 0 Å². The van der Waals surface area contributed by atoms with E-state index in [0.717, 1.165) is 22.3 Å². The lowest BCUT2D eigenvalue weighted by Crippen LogP contribution is -2.15. The Balaban J connectivity index is 1.60. The summed E-state index contributed by atoms with van der Waals surface area (Å²) in [7, 11) is -3.88. The van der Waals surface area contributed by atoms with Gasteiger partial charge in [-0.2, -0.15) is 0 Å². The van der Waals surface area contributed by atoms with Gasteiger partial charge in [0, 0.05) is 29.0 Å². The van der Waals surface area contributed by atoms with Crippen molar-refractivity contribution in [3.05, 3.63) is 71.0 Å². The van der Waals surface area contributed by atoms with Crippen LogP contribution in [0.15, 0.2) is 59.8 Å². The first-order chi connectivity index (χ1) is 15.2. The van der Waals surface area contributed by atoms with Crippen molar-refractivity contribution in [3.8, 4) is 0 Å². The van der Waals surface area contributed by atoms with E-state index in [1.807, 2.05) is 12.1 Å². The van der Waals surface area contributed by atoms with Crippen molar-refractivity contribution < 1.29 is 13.2 Å². The normalized spacial score (nSPS) is 11.7. The Morgan fingerprint density at radius 2 is 1.78 bits per heavy atom. The highest BCUT2D eigenvalue weighted by molar-refractivity contribution is 7.92. The van der Waals surface area contributed by atoms with Gasteiger partial charge < -0.3 is 5.73 Å². The molecule has 4 aromatic rings. The molecule has 0 atom stereocenters. The van der Waals surface area contributed by atoms with Crippen LogP contribution in [0.1, 0.15) is 34.8 Å². The van der Waals surface area contributed by atoms with Crippen molar-refractivity contribution in [1.82, 2.24) is 15.0 Å². The number of carbonyl (C=O) groups excluding carboxylic acids is 1. The Hall–Kier alpha value is -3.37. The number of aromatic nitrogens is 3. The number of carbonyl (C=O) groups is 1. The highest BCUT2D eigenvalue weighted by atomic mass is 32.2. The Labute approximate surface area is 189 Å². The van der Waals surface area contributed by atoms with Gasteiger partial charge in [0.15, 0.2) is 0 Å². The second kappa shape index (κ2) is 8.64. The summed E-state index contributed by atoms with van der Waals surface area (Å²) < 4.78 is 27.4. The molecule has 0 saturated carbocycles. The molecule has 0 unspecified atom stereocenters. The highest BCUT2D eigenvalue weighted by Crippen LogP contribution is 2.34. The summed E-state index contributed by atoms with van der Waals surface area (Å²) in [4.78, 5) is 26.5. The third-order valence-corrected chi connectivity index (χ3v) is 7.15. The fourth-order valence-electron chi connectivity index (χ4n) is 3.18. The molecule has 0 aliphatic heterocycles. The molecule has 0 bridgehead atoms. The van der Waals surface area contributed by atoms with Crippen LogP contribution in [0.5, 0.6) is 0 Å². The summed E-state index contributed by atoms with van der Waals surface area (Å²) in [5.41, 5.74) is 7.92. The molecule has 10 heteroatoms. The maximum absolute atomic E-state index is 13.1. The largest absolute Gasteiger partial charge is 0.397 e. The highest BCUT2D eigenvalue weighted by Gasteiger charge is 2.21. The first-order valence-corrected chi connectivity index (χ1v) is 12.2. The number of nitrogens with one attached hydrogen (secondary N) is 1. The number of hydrogen-bond acceptors (Lipinski definition) is 8. The first-order valence-electron chi connectivity index (χ1n) is 9.87. The van der Waals surface area contributed by atoms with E-state index in [1.54, 1.807) is 6.07 Å². The van der Waals surface area contributed by atoms with Gasteiger partial charge in [-0.15, -0.1) is 11.3 Å². The molecule has 0 spiro atoms. The molecule has 0 aliphatic rings. The molecule has 3 N–H and O–H groups in total. The van der Waals surface area contributed by atoms with Crippen molar-refractivity contribution >= 4 is 49.0 Å². The molecular weight excluding hydrogens is 446 g/mol. The topological polar surface area (TPSA) is 128 Å². The summed E-state index contributed by atoms with van der Waals surface area (Å²) in [6.45, 7) is 4.24. The van der Waals surface area contributed by atoms with Crippen LogP contribution in [0.4, 0.5) is 11.6 Å². The lowest BCUT2D eigenvalue weighted by atomic mass is 10.1. The predicted octanol–water partition coefficient (Wildman–Crippen LogP) is 3.90. The fraction of sp³-hybridized carbons (Fsp3) is 0.182. The molecule has 0 radical (unpaired) electrons. The van der Waals surface area contributed by atoms with Crippen LogP contribution >= 0.6 is 11.3 Å². The maximum Gasteiger partial charge on any atom is 0.264 e. The minimum Gasteiger partial charge on any atom is -0.397 e. The van der Waals surface area contributed by atoms with Gasteiger partial charge in [-0.05, 0) is 54.8 Å². The van der Waals surface area contributed by atoms with Crippen molar-refractivity contribution in [3.63, 3.8) is 0 Å². The Morgan fingerprint density at radius 1 is 1.09 bits per heavy atom. The van der Waals surface area contributed by atoms with E-state index in [0.29, 0.717) is 22.0 Å². The quantitative estimate of drug-likeness (QED) is 0.395. The number of nitrogens with two attached hydrogens (primary N) is 1. The number of thiophene rings is 1. The standard InChI is InChI=1S/C22H21N5O3S2/c1-13(2)12-15-6-9-17-18(23)20(31-21(17)26-15)19(28)14-4-7-16(8-5-14)32(29,30)27-22-24-10-3-11-25-22/h3-11,13H,12,23H2,1-2H3,(H,24,25,27). The van der Waals surface area contributed by atoms with E-state index in [4.69, 9.17) is 5.73 Å². The van der Waals surface area contributed by atoms with E-state index in [2.05, 4.69) is 33.5 Å². The van der Waals surface area contributed by atoms with Gasteiger partial charge in [0.25, 0.3) is 10.0 Å². The molecule has 4 rings (SSSR count). The molecule has 32 heavy (non-hydrogen) atoms. The van der Waals surface area contributed by atoms with Gasteiger partial charge in [0.2, 0.25) is 11.7 Å². The molecule has 0 saturated heterocycles. The monoisotopic (exact) mass is 467 g/mol. The number of benzene rings is 1. The van der Waals surface area contributed by atoms with Gasteiger partial charge in [0.05, 0.1) is 10.6 Å². The lowest BCUT2D eigenvalue weighted by molar-refractivity contribution is 0.104. The van der Waals surface area contributed by atoms with Crippen LogP contribution in [0, 0.1) is 5.92 Å². The van der Waals surface area contributed by atoms with Gasteiger partial charge in [-0.3, -0.25) is 4.79 Å². The van der Waals surface area contributed by atoms with Crippen molar-refractivity contribution in [2.75, 3.05) is 10.5 Å². The molecule has 0 aliphatic carbocycles. The molecule has 8 nitrogen and oxygen atoms in total. The van der Waals surface area contributed by atoms with Crippen LogP contribution < -0.4 is 10.5 Å². The van der Waals surface area contributed by atoms with E-state index in [-0.39, 0.29) is 16.6 Å². The van der Waals surface area contributed by atoms with E-state index in [9.17, 15) is 13.2 Å². The number of anilines is 2. The number of rotatable bonds is 7. The smallest absolute Gasteiger partial charge is 0.264 e. The van der Waals surface area contributed by atoms with Crippen LogP contribution in [-0.4, -0.2) is 29.2 Å². The van der Waals surface area contributed by atoms with Crippen molar-refractivity contribution in [1.29, 1.82) is 0 Å². The SMILES string of the molecule is CC(C)Cc1ccc2c(N)c(C(=O)c3ccc(S(=O)(=O)Nc4ncccn4)cc3)sc2n1. The summed E-state index contributed by atoms with van der Waals surface area (Å²) in [6, 6.07) is 11.1. The molecule has 164 valence electrons. The minimum absolute atomic E-state index is 0.00851. The lowest BCUT2D eigenvalue weighted by Gasteiger charge is -2.07. The third kappa shape index (κ3) is 4.46. The number of nitrogen functional groups attached to an aromatic ring is 1. The number of ketones is 1. The second-order valence-electron chi connectivity index (χ2n) is 7.63. The zero-order valence-corrected chi connectivity index (χ0v) is 19.1. The molecule has 0 fully saturated rings. The average Bonchev–Trinajstić information content (AvgIpc) is 3.09. The Bertz CT molecular complexity index is 1380. The van der Waals surface area contributed by atoms with Crippen molar-refractivity contribution in [2.24, 2.45) is 5.92 Å². The van der Waals surface area contributed by atoms with Gasteiger partial charge in [-0.25, -0.2) is 28.1 Å². The third-order valence-electron chi connectivity index (χ3n) is 4.69. The van der Waals surface area contributed by atoms with E-state index < -0.39 is 10.0 Å². The number of fused-ring (bicyclic) bond motifs is 1. The first kappa shape index (κ1) is 21.8. The second-order valence-corrected chi connectivity index (χ2v) is 10.3. The fourth-order valence-corrected chi connectivity index (χ4v) is 5.22. The van der Waals surface area contributed by atoms with Gasteiger partial charge in [0.1, 0.15) is 9.71 Å². The molecular formula is C22H21N5O3S2. The maximum atomic E-state index is 13.1. The van der Waals surface area contributed by atoms with Crippen LogP contribution in [-0.2, 0) is 16.4 Å². The Kier molecular flexibility index (Phi) is 5.90. The average molecular weight is 468 g/mol. The number of hydrogen-bond donors (Lipinski definition) is 2. The van der Waals surface area contributed by atoms with Gasteiger partial charge in [-0.1, -0.05) is 13.8 Å². The van der Waals surface area contributed by atoms with E-state index >= 15 is 0 Å². The summed E-state index contributed by atoms with van der Waals surface area (Å²) in [6.07, 6.45) is 3.71. The number of pyridine rings is 1. The summed E-state index contributed by atoms with van der Waals surface area (Å²) in [5, 5.41) is 0.747. The van der Waals surface area contributed by atoms with Crippen LogP contribution in [0.3, 0.4) is 0 Å². The van der Waals surface area contributed by atoms with Crippen molar-refractivity contribution in [2.45, 2.75) is 25.2 Å². The predicted molar refractivity (Wildman–Crippen MR) is 125 cm³/mol. The minimum atomic E-state index is -3.88. The zero-order valence-electron chi connectivity index (χ0n) is 17.4.